The fraction of sp³-hybridized carbons (Fsp3) is 0.333. The highest BCUT2D eigenvalue weighted by Gasteiger charge is 2.43. The number of hydrogen-bond acceptors (Lipinski definition) is 7. The van der Waals surface area contributed by atoms with Gasteiger partial charge in [-0.3, -0.25) is 19.2 Å². The van der Waals surface area contributed by atoms with Crippen LogP contribution in [0.3, 0.4) is 0 Å². The van der Waals surface area contributed by atoms with Gasteiger partial charge in [-0.2, -0.15) is 0 Å². The summed E-state index contributed by atoms with van der Waals surface area (Å²) in [5.74, 6) is -1.08. The molecule has 1 atom stereocenters. The van der Waals surface area contributed by atoms with E-state index < -0.39 is 17.5 Å². The molecule has 3 aromatic carbocycles. The third-order valence-corrected chi connectivity index (χ3v) is 8.90. The number of hydrogen-bond donors (Lipinski definition) is 6. The van der Waals surface area contributed by atoms with Gasteiger partial charge in [0.2, 0.25) is 17.4 Å². The van der Waals surface area contributed by atoms with Crippen molar-refractivity contribution in [3.8, 4) is 5.75 Å². The van der Waals surface area contributed by atoms with Gasteiger partial charge in [-0.15, -0.1) is 0 Å². The number of nitrogens with one attached hydrogen (secondary N) is 3. The number of aliphatic carboxylic acids is 1. The maximum absolute atomic E-state index is 13.0. The Balaban J connectivity index is 1.00. The molecule has 47 heavy (non-hydrogen) atoms. The Labute approximate surface area is 272 Å². The third-order valence-electron chi connectivity index (χ3n) is 8.90. The summed E-state index contributed by atoms with van der Waals surface area (Å²) in [7, 11) is 0. The fourth-order valence-corrected chi connectivity index (χ4v) is 6.17. The highest BCUT2D eigenvalue weighted by atomic mass is 16.4. The molecule has 246 valence electrons. The van der Waals surface area contributed by atoms with Gasteiger partial charge in [-0.1, -0.05) is 60.7 Å². The van der Waals surface area contributed by atoms with Gasteiger partial charge < -0.3 is 35.8 Å². The molecule has 11 heteroatoms. The van der Waals surface area contributed by atoms with Crippen LogP contribution in [0.1, 0.15) is 47.6 Å². The van der Waals surface area contributed by atoms with E-state index in [1.807, 2.05) is 54.6 Å². The zero-order chi connectivity index (χ0) is 33.4. The van der Waals surface area contributed by atoms with Gasteiger partial charge in [0.25, 0.3) is 0 Å². The molecule has 5 rings (SSSR count). The number of likely N-dealkylation sites (tertiary alicyclic amines) is 1. The Morgan fingerprint density at radius 1 is 0.872 bits per heavy atom. The van der Waals surface area contributed by atoms with Crippen LogP contribution in [0.2, 0.25) is 0 Å². The number of phenolic OH excluding ortho intramolecular Hbond substituents is 1. The van der Waals surface area contributed by atoms with E-state index in [0.717, 1.165) is 16.7 Å². The quantitative estimate of drug-likeness (QED) is 0.121. The van der Waals surface area contributed by atoms with Crippen LogP contribution < -0.4 is 16.2 Å². The lowest BCUT2D eigenvalue weighted by atomic mass is 9.73. The molecule has 4 aromatic rings. The summed E-state index contributed by atoms with van der Waals surface area (Å²) in [6.45, 7) is 2.05. The van der Waals surface area contributed by atoms with Crippen LogP contribution in [0, 0.1) is 0 Å². The number of carboxylic acids is 1. The number of rotatable bonds is 13. The van der Waals surface area contributed by atoms with Crippen molar-refractivity contribution >= 4 is 28.7 Å². The monoisotopic (exact) mass is 640 g/mol. The third kappa shape index (κ3) is 8.05. The summed E-state index contributed by atoms with van der Waals surface area (Å²) in [4.78, 5) is 53.6. The molecule has 1 aromatic heterocycles. The Hall–Kier alpha value is -5.00. The molecule has 11 nitrogen and oxygen atoms in total. The van der Waals surface area contributed by atoms with E-state index in [0.29, 0.717) is 56.4 Å². The number of fused-ring (bicyclic) bond motifs is 1. The molecule has 0 saturated carbocycles. The predicted molar refractivity (Wildman–Crippen MR) is 177 cm³/mol. The van der Waals surface area contributed by atoms with E-state index >= 15 is 0 Å². The van der Waals surface area contributed by atoms with E-state index in [4.69, 9.17) is 0 Å². The van der Waals surface area contributed by atoms with Crippen molar-refractivity contribution in [2.24, 2.45) is 0 Å². The molecule has 6 N–H and O–H groups in total. The van der Waals surface area contributed by atoms with Crippen LogP contribution in [-0.4, -0.2) is 75.7 Å². The largest absolute Gasteiger partial charge is 0.506 e. The zero-order valence-electron chi connectivity index (χ0n) is 26.1. The van der Waals surface area contributed by atoms with E-state index in [1.54, 1.807) is 17.0 Å². The molecule has 2 amide bonds. The first-order valence-electron chi connectivity index (χ1n) is 15.8. The Bertz CT molecular complexity index is 1760. The maximum Gasteiger partial charge on any atom is 0.314 e. The highest BCUT2D eigenvalue weighted by Crippen LogP contribution is 2.36. The van der Waals surface area contributed by atoms with E-state index in [-0.39, 0.29) is 48.0 Å². The van der Waals surface area contributed by atoms with Crippen molar-refractivity contribution in [3.05, 3.63) is 111 Å². The number of carbonyl (C=O) groups is 3. The number of piperidine rings is 1. The van der Waals surface area contributed by atoms with Crippen molar-refractivity contribution in [2.75, 3.05) is 32.7 Å². The number of H-pyrrole nitrogens is 1. The number of carboxylic acid groups (broad SMARTS) is 1. The van der Waals surface area contributed by atoms with E-state index in [9.17, 15) is 34.5 Å². The minimum Gasteiger partial charge on any atom is -0.506 e. The molecule has 2 heterocycles. The standard InChI is InChI=1S/C36H40N4O7/c41-29-13-11-27(28-12-14-31(43)39-34(28)29)30(42)23-37-17-4-18-38-32(44)21-24-7-9-25(10-8-24)22-33(45)40-19-15-36(16-20-40,35(46)47)26-5-2-1-3-6-26/h1-3,5-14,30,37,41-42H,4,15-23H2,(H,38,44)(H,39,43)(H,46,47)/t30-/m0/s1. The van der Waals surface area contributed by atoms with Gasteiger partial charge in [0.15, 0.2) is 0 Å². The lowest BCUT2D eigenvalue weighted by molar-refractivity contribution is -0.148. The number of benzene rings is 3. The minimum absolute atomic E-state index is 0.0450. The van der Waals surface area contributed by atoms with Gasteiger partial charge in [-0.25, -0.2) is 0 Å². The number of aliphatic hydroxyl groups excluding tert-OH is 1. The minimum atomic E-state index is -0.978. The van der Waals surface area contributed by atoms with Crippen molar-refractivity contribution in [1.29, 1.82) is 0 Å². The molecule has 1 aliphatic heterocycles. The van der Waals surface area contributed by atoms with Crippen LogP contribution >= 0.6 is 0 Å². The number of phenols is 1. The van der Waals surface area contributed by atoms with Crippen molar-refractivity contribution in [2.45, 2.75) is 43.6 Å². The van der Waals surface area contributed by atoms with Crippen LogP contribution in [0.5, 0.6) is 5.75 Å². The summed E-state index contributed by atoms with van der Waals surface area (Å²) in [6, 6.07) is 22.6. The number of pyridine rings is 1. The number of carbonyl (C=O) groups excluding carboxylic acids is 2. The van der Waals surface area contributed by atoms with Gasteiger partial charge >= 0.3 is 5.97 Å². The Kier molecular flexibility index (Phi) is 10.7. The second kappa shape index (κ2) is 15.1. The summed E-state index contributed by atoms with van der Waals surface area (Å²) in [5.41, 5.74) is 1.98. The van der Waals surface area contributed by atoms with Gasteiger partial charge in [0.05, 0.1) is 29.9 Å². The molecule has 0 bridgehead atoms. The van der Waals surface area contributed by atoms with Crippen LogP contribution in [0.25, 0.3) is 10.9 Å². The average Bonchev–Trinajstić information content (AvgIpc) is 3.07. The van der Waals surface area contributed by atoms with Crippen LogP contribution in [0.15, 0.2) is 83.7 Å². The second-order valence-electron chi connectivity index (χ2n) is 12.0. The SMILES string of the molecule is O=C(Cc1ccc(CC(=O)N2CCC(C(=O)O)(c3ccccc3)CC2)cc1)NCCCNC[C@H](O)c1ccc(O)c2[nH]c(=O)ccc12. The highest BCUT2D eigenvalue weighted by molar-refractivity contribution is 5.87. The molecule has 0 spiro atoms. The first-order valence-corrected chi connectivity index (χ1v) is 15.8. The molecular formula is C36H40N4O7. The van der Waals surface area contributed by atoms with Crippen LogP contribution in [0.4, 0.5) is 0 Å². The number of aromatic amines is 1. The van der Waals surface area contributed by atoms with Gasteiger partial charge in [0.1, 0.15) is 5.75 Å². The number of aromatic nitrogens is 1. The summed E-state index contributed by atoms with van der Waals surface area (Å²) in [5, 5.41) is 37.3. The average molecular weight is 641 g/mol. The van der Waals surface area contributed by atoms with E-state index in [2.05, 4.69) is 15.6 Å². The molecule has 0 unspecified atom stereocenters. The van der Waals surface area contributed by atoms with Crippen molar-refractivity contribution < 1.29 is 29.7 Å². The topological polar surface area (TPSA) is 172 Å². The normalized spacial score (nSPS) is 14.9. The molecular weight excluding hydrogens is 600 g/mol. The Morgan fingerprint density at radius 3 is 2.23 bits per heavy atom. The van der Waals surface area contributed by atoms with E-state index in [1.165, 1.54) is 12.1 Å². The number of nitrogens with zero attached hydrogens (tertiary/aromatic N) is 1. The van der Waals surface area contributed by atoms with Crippen molar-refractivity contribution in [3.63, 3.8) is 0 Å². The summed E-state index contributed by atoms with van der Waals surface area (Å²) >= 11 is 0. The lowest BCUT2D eigenvalue weighted by Gasteiger charge is -2.39. The first-order chi connectivity index (χ1) is 22.7. The first kappa shape index (κ1) is 33.4. The van der Waals surface area contributed by atoms with Gasteiger partial charge in [0, 0.05) is 37.6 Å². The Morgan fingerprint density at radius 2 is 1.55 bits per heavy atom. The molecule has 0 aliphatic carbocycles. The molecule has 1 aliphatic rings. The fourth-order valence-electron chi connectivity index (χ4n) is 6.17. The van der Waals surface area contributed by atoms with Crippen LogP contribution in [-0.2, 0) is 32.6 Å². The number of aliphatic hydroxyl groups is 1. The maximum atomic E-state index is 13.0. The predicted octanol–water partition coefficient (Wildman–Crippen LogP) is 2.79. The lowest BCUT2D eigenvalue weighted by Crippen LogP contribution is -2.49. The zero-order valence-corrected chi connectivity index (χ0v) is 26.1. The smallest absolute Gasteiger partial charge is 0.314 e. The van der Waals surface area contributed by atoms with Gasteiger partial charge in [-0.05, 0) is 60.2 Å². The second-order valence-corrected chi connectivity index (χ2v) is 12.0. The molecule has 0 radical (unpaired) electrons. The number of aromatic hydroxyl groups is 1. The summed E-state index contributed by atoms with van der Waals surface area (Å²) in [6.07, 6.45) is 0.948. The summed E-state index contributed by atoms with van der Waals surface area (Å²) < 4.78 is 0. The van der Waals surface area contributed by atoms with Crippen molar-refractivity contribution in [1.82, 2.24) is 20.5 Å². The molecule has 1 saturated heterocycles. The molecule has 1 fully saturated rings. The number of amides is 2.